The summed E-state index contributed by atoms with van der Waals surface area (Å²) in [5, 5.41) is 0.774. The van der Waals surface area contributed by atoms with E-state index in [1.807, 2.05) is 12.1 Å². The van der Waals surface area contributed by atoms with Gasteiger partial charge < -0.3 is 0 Å². The number of rotatable bonds is 6. The summed E-state index contributed by atoms with van der Waals surface area (Å²) in [7, 11) is 0. The topological polar surface area (TPSA) is 0 Å². The van der Waals surface area contributed by atoms with Crippen LogP contribution in [0.1, 0.15) is 22.3 Å². The van der Waals surface area contributed by atoms with Gasteiger partial charge in [0.05, 0.1) is 0 Å². The molecule has 4 aromatic carbocycles. The Balaban J connectivity index is 1.88. The third-order valence-electron chi connectivity index (χ3n) is 4.83. The van der Waals surface area contributed by atoms with E-state index >= 15 is 0 Å². The monoisotopic (exact) mass is 554 g/mol. The fourth-order valence-corrected chi connectivity index (χ4v) is 8.23. The first-order valence-electron chi connectivity index (χ1n) is 10.1. The van der Waals surface area contributed by atoms with Gasteiger partial charge in [0.2, 0.25) is 0 Å². The molecular weight excluding hydrogens is 530 g/mol. The standard InChI is InChI=1S/C28H23ClSe2/c1-20-8-16-25(17-9-20)30-27(22-6-4-3-5-7-22)28(23-12-14-24(29)15-13-23)31-26-18-10-21(2)11-19-26/h3-19H,1-2H3/b28-27+. The van der Waals surface area contributed by atoms with E-state index < -0.39 is 0 Å². The summed E-state index contributed by atoms with van der Waals surface area (Å²) >= 11 is 6.60. The van der Waals surface area contributed by atoms with Crippen LogP contribution in [0.2, 0.25) is 5.02 Å². The SMILES string of the molecule is Cc1ccc([Se]/C(=C(/[Se]c2ccc(C)cc2)c2ccc(Cl)cc2)c2ccccc2)cc1. The maximum atomic E-state index is 6.23. The van der Waals surface area contributed by atoms with Gasteiger partial charge in [0.1, 0.15) is 0 Å². The zero-order valence-corrected chi connectivity index (χ0v) is 21.7. The van der Waals surface area contributed by atoms with Crippen molar-refractivity contribution in [1.29, 1.82) is 0 Å². The molecule has 0 heterocycles. The zero-order chi connectivity index (χ0) is 21.6. The van der Waals surface area contributed by atoms with Crippen molar-refractivity contribution in [2.24, 2.45) is 0 Å². The van der Waals surface area contributed by atoms with Gasteiger partial charge in [0.25, 0.3) is 0 Å². The molecular formula is C28H23ClSe2. The van der Waals surface area contributed by atoms with E-state index in [1.54, 1.807) is 0 Å². The van der Waals surface area contributed by atoms with Crippen molar-refractivity contribution in [3.63, 3.8) is 0 Å². The molecule has 0 bridgehead atoms. The van der Waals surface area contributed by atoms with E-state index in [0.29, 0.717) is 0 Å². The van der Waals surface area contributed by atoms with Crippen LogP contribution in [0.25, 0.3) is 8.94 Å². The minimum atomic E-state index is 0.180. The molecule has 0 saturated heterocycles. The summed E-state index contributed by atoms with van der Waals surface area (Å²) in [5.41, 5.74) is 5.16. The average Bonchev–Trinajstić information content (AvgIpc) is 2.80. The first-order valence-corrected chi connectivity index (χ1v) is 13.9. The molecule has 0 atom stereocenters. The van der Waals surface area contributed by atoms with Crippen molar-refractivity contribution in [2.75, 3.05) is 0 Å². The van der Waals surface area contributed by atoms with Crippen LogP contribution >= 0.6 is 11.6 Å². The van der Waals surface area contributed by atoms with E-state index in [2.05, 4.69) is 105 Å². The Kier molecular flexibility index (Phi) is 7.51. The second-order valence-electron chi connectivity index (χ2n) is 7.36. The van der Waals surface area contributed by atoms with E-state index in [9.17, 15) is 0 Å². The second-order valence-corrected chi connectivity index (χ2v) is 12.3. The number of aryl methyl sites for hydroxylation is 2. The Morgan fingerprint density at radius 1 is 0.516 bits per heavy atom. The van der Waals surface area contributed by atoms with Gasteiger partial charge in [-0.3, -0.25) is 0 Å². The second kappa shape index (κ2) is 10.5. The Morgan fingerprint density at radius 2 is 0.935 bits per heavy atom. The minimum absolute atomic E-state index is 0.180. The van der Waals surface area contributed by atoms with Crippen molar-refractivity contribution in [3.8, 4) is 0 Å². The normalized spacial score (nSPS) is 11.8. The fraction of sp³-hybridized carbons (Fsp3) is 0.0714. The molecule has 0 aliphatic rings. The molecule has 154 valence electrons. The summed E-state index contributed by atoms with van der Waals surface area (Å²) in [4.78, 5) is 0. The number of halogens is 1. The van der Waals surface area contributed by atoms with Gasteiger partial charge in [-0.1, -0.05) is 0 Å². The summed E-state index contributed by atoms with van der Waals surface area (Å²) in [6.07, 6.45) is 0. The van der Waals surface area contributed by atoms with Crippen LogP contribution in [0.4, 0.5) is 0 Å². The average molecular weight is 553 g/mol. The van der Waals surface area contributed by atoms with Crippen molar-refractivity contribution in [3.05, 3.63) is 130 Å². The summed E-state index contributed by atoms with van der Waals surface area (Å²) in [6.45, 7) is 4.28. The first kappa shape index (κ1) is 22.2. The Labute approximate surface area is 202 Å². The third kappa shape index (κ3) is 6.01. The van der Waals surface area contributed by atoms with E-state index in [-0.39, 0.29) is 29.9 Å². The zero-order valence-electron chi connectivity index (χ0n) is 17.5. The van der Waals surface area contributed by atoms with Crippen LogP contribution in [0.15, 0.2) is 103 Å². The van der Waals surface area contributed by atoms with Crippen LogP contribution in [0, 0.1) is 13.8 Å². The van der Waals surface area contributed by atoms with Gasteiger partial charge in [0.15, 0.2) is 0 Å². The Morgan fingerprint density at radius 3 is 1.39 bits per heavy atom. The van der Waals surface area contributed by atoms with Crippen molar-refractivity contribution in [2.45, 2.75) is 13.8 Å². The van der Waals surface area contributed by atoms with Crippen molar-refractivity contribution < 1.29 is 0 Å². The van der Waals surface area contributed by atoms with Crippen LogP contribution in [0.5, 0.6) is 0 Å². The van der Waals surface area contributed by atoms with Gasteiger partial charge in [-0.15, -0.1) is 0 Å². The van der Waals surface area contributed by atoms with Crippen LogP contribution < -0.4 is 8.92 Å². The van der Waals surface area contributed by atoms with Crippen molar-refractivity contribution in [1.82, 2.24) is 0 Å². The molecule has 0 N–H and O–H groups in total. The van der Waals surface area contributed by atoms with E-state index in [1.165, 1.54) is 40.1 Å². The number of hydrogen-bond acceptors (Lipinski definition) is 0. The third-order valence-corrected chi connectivity index (χ3v) is 10.6. The summed E-state index contributed by atoms with van der Waals surface area (Å²) in [5.74, 6) is 0. The Hall–Kier alpha value is -2.05. The predicted molar refractivity (Wildman–Crippen MR) is 138 cm³/mol. The molecule has 3 heteroatoms. The van der Waals surface area contributed by atoms with E-state index in [0.717, 1.165) is 5.02 Å². The molecule has 0 fully saturated rings. The molecule has 0 aromatic heterocycles. The molecule has 0 saturated carbocycles. The molecule has 0 aliphatic heterocycles. The molecule has 0 nitrogen and oxygen atoms in total. The fourth-order valence-electron chi connectivity index (χ4n) is 3.11. The number of hydrogen-bond donors (Lipinski definition) is 0. The molecule has 4 rings (SSSR count). The molecule has 31 heavy (non-hydrogen) atoms. The molecule has 0 radical (unpaired) electrons. The molecule has 4 aromatic rings. The first-order chi connectivity index (χ1) is 15.1. The molecule has 0 unspecified atom stereocenters. The van der Waals surface area contributed by atoms with Gasteiger partial charge in [-0.25, -0.2) is 0 Å². The van der Waals surface area contributed by atoms with Gasteiger partial charge in [-0.05, 0) is 0 Å². The molecule has 0 aliphatic carbocycles. The van der Waals surface area contributed by atoms with Gasteiger partial charge in [-0.2, -0.15) is 0 Å². The van der Waals surface area contributed by atoms with Crippen molar-refractivity contribution >= 4 is 59.4 Å². The predicted octanol–water partition coefficient (Wildman–Crippen LogP) is 5.84. The Bertz CT molecular complexity index is 1160. The quantitative estimate of drug-likeness (QED) is 0.208. The maximum absolute atomic E-state index is 6.23. The van der Waals surface area contributed by atoms with Crippen LogP contribution in [-0.4, -0.2) is 29.9 Å². The van der Waals surface area contributed by atoms with E-state index in [4.69, 9.17) is 11.6 Å². The van der Waals surface area contributed by atoms with Crippen LogP contribution in [0.3, 0.4) is 0 Å². The molecule has 0 spiro atoms. The molecule has 0 amide bonds. The van der Waals surface area contributed by atoms with Gasteiger partial charge in [0, 0.05) is 0 Å². The number of benzene rings is 4. The van der Waals surface area contributed by atoms with Crippen LogP contribution in [-0.2, 0) is 0 Å². The summed E-state index contributed by atoms with van der Waals surface area (Å²) in [6, 6.07) is 37.1. The van der Waals surface area contributed by atoms with Gasteiger partial charge >= 0.3 is 204 Å². The summed E-state index contributed by atoms with van der Waals surface area (Å²) < 4.78 is 5.65.